The van der Waals surface area contributed by atoms with Gasteiger partial charge in [-0.05, 0) is 51.4 Å². The van der Waals surface area contributed by atoms with Gasteiger partial charge in [-0.2, -0.15) is 0 Å². The van der Waals surface area contributed by atoms with E-state index in [-0.39, 0.29) is 24.8 Å². The Kier molecular flexibility index (Phi) is 7.18. The minimum absolute atomic E-state index is 0. The fourth-order valence-corrected chi connectivity index (χ4v) is 4.88. The summed E-state index contributed by atoms with van der Waals surface area (Å²) in [5.74, 6) is 2.02. The highest BCUT2D eigenvalue weighted by atomic mass is 35.5. The van der Waals surface area contributed by atoms with Crippen LogP contribution in [0.4, 0.5) is 0 Å². The number of nitrogens with zero attached hydrogens (tertiary/aromatic N) is 3. The summed E-state index contributed by atoms with van der Waals surface area (Å²) in [5.41, 5.74) is 0. The summed E-state index contributed by atoms with van der Waals surface area (Å²) in [7, 11) is 0. The third-order valence-electron chi connectivity index (χ3n) is 6.06. The van der Waals surface area contributed by atoms with Crippen molar-refractivity contribution in [2.24, 2.45) is 5.92 Å². The average molecular weight is 389 g/mol. The molecule has 0 aliphatic carbocycles. The molecule has 0 saturated carbocycles. The molecule has 25 heavy (non-hydrogen) atoms. The molecule has 3 aliphatic rings. The maximum atomic E-state index is 12.9. The lowest BCUT2D eigenvalue weighted by molar-refractivity contribution is -0.133. The van der Waals surface area contributed by atoms with Crippen molar-refractivity contribution < 1.29 is 4.79 Å². The van der Waals surface area contributed by atoms with Gasteiger partial charge in [-0.1, -0.05) is 0 Å². The number of aryl methyl sites for hydroxylation is 1. The Hall–Kier alpha value is -0.780. The van der Waals surface area contributed by atoms with Gasteiger partial charge >= 0.3 is 0 Å². The van der Waals surface area contributed by atoms with Crippen molar-refractivity contribution in [3.8, 4) is 0 Å². The van der Waals surface area contributed by atoms with Crippen molar-refractivity contribution in [1.29, 1.82) is 0 Å². The third kappa shape index (κ3) is 4.50. The molecule has 0 aromatic carbocycles. The molecule has 1 N–H and O–H groups in total. The lowest BCUT2D eigenvalue weighted by Crippen LogP contribution is -2.42. The first-order chi connectivity index (χ1) is 11.2. The Balaban J connectivity index is 0.00000113. The molecule has 2 bridgehead atoms. The minimum atomic E-state index is 0. The number of imidazole rings is 1. The number of amides is 1. The van der Waals surface area contributed by atoms with E-state index in [2.05, 4.69) is 19.8 Å². The predicted molar refractivity (Wildman–Crippen MR) is 103 cm³/mol. The highest BCUT2D eigenvalue weighted by Gasteiger charge is 2.36. The summed E-state index contributed by atoms with van der Waals surface area (Å²) in [6, 6.07) is 1.71. The lowest BCUT2D eigenvalue weighted by Gasteiger charge is -2.31. The van der Waals surface area contributed by atoms with Crippen LogP contribution >= 0.6 is 24.8 Å². The van der Waals surface area contributed by atoms with Gasteiger partial charge in [0.15, 0.2) is 0 Å². The number of carbonyl (C=O) groups is 1. The van der Waals surface area contributed by atoms with Crippen LogP contribution in [0.2, 0.25) is 0 Å². The number of rotatable bonds is 4. The van der Waals surface area contributed by atoms with Crippen LogP contribution in [0, 0.1) is 12.8 Å². The second-order valence-corrected chi connectivity index (χ2v) is 7.69. The van der Waals surface area contributed by atoms with Crippen LogP contribution in [-0.2, 0) is 11.3 Å². The summed E-state index contributed by atoms with van der Waals surface area (Å²) in [6.07, 6.45) is 11.9. The van der Waals surface area contributed by atoms with E-state index < -0.39 is 0 Å². The zero-order chi connectivity index (χ0) is 15.8. The maximum Gasteiger partial charge on any atom is 0.223 e. The normalized spacial score (nSPS) is 30.7. The summed E-state index contributed by atoms with van der Waals surface area (Å²) in [4.78, 5) is 19.3. The zero-order valence-corrected chi connectivity index (χ0v) is 16.5. The number of aromatic nitrogens is 2. The van der Waals surface area contributed by atoms with Gasteiger partial charge in [-0.15, -0.1) is 24.8 Å². The molecule has 5 nitrogen and oxygen atoms in total. The fraction of sp³-hybridized carbons (Fsp3) is 0.778. The fourth-order valence-electron chi connectivity index (χ4n) is 4.88. The second kappa shape index (κ2) is 8.74. The van der Waals surface area contributed by atoms with Crippen LogP contribution < -0.4 is 5.32 Å². The van der Waals surface area contributed by atoms with Crippen LogP contribution in [0.25, 0.3) is 0 Å². The van der Waals surface area contributed by atoms with Gasteiger partial charge in [-0.3, -0.25) is 4.79 Å². The van der Waals surface area contributed by atoms with Crippen molar-refractivity contribution in [2.45, 2.75) is 76.5 Å². The maximum absolute atomic E-state index is 12.9. The van der Waals surface area contributed by atoms with Gasteiger partial charge in [0, 0.05) is 50.0 Å². The van der Waals surface area contributed by atoms with Gasteiger partial charge in [0.2, 0.25) is 5.91 Å². The molecular formula is C18H30Cl2N4O. The monoisotopic (exact) mass is 388 g/mol. The molecule has 4 heterocycles. The molecule has 7 heteroatoms. The Morgan fingerprint density at radius 2 is 1.96 bits per heavy atom. The molecular weight excluding hydrogens is 359 g/mol. The third-order valence-corrected chi connectivity index (χ3v) is 6.06. The number of likely N-dealkylation sites (tertiary alicyclic amines) is 1. The molecule has 142 valence electrons. The van der Waals surface area contributed by atoms with E-state index in [0.29, 0.717) is 30.0 Å². The number of hydrogen-bond acceptors (Lipinski definition) is 3. The molecule has 3 fully saturated rings. The van der Waals surface area contributed by atoms with E-state index in [1.165, 1.54) is 25.7 Å². The average Bonchev–Trinajstić information content (AvgIpc) is 3.22. The minimum Gasteiger partial charge on any atom is -0.338 e. The van der Waals surface area contributed by atoms with Gasteiger partial charge in [0.25, 0.3) is 0 Å². The van der Waals surface area contributed by atoms with Crippen molar-refractivity contribution in [3.63, 3.8) is 0 Å². The first kappa shape index (κ1) is 20.5. The zero-order valence-electron chi connectivity index (χ0n) is 14.9. The predicted octanol–water partition coefficient (Wildman–Crippen LogP) is 2.95. The van der Waals surface area contributed by atoms with Crippen LogP contribution in [0.5, 0.6) is 0 Å². The Labute approximate surface area is 162 Å². The van der Waals surface area contributed by atoms with Gasteiger partial charge in [-0.25, -0.2) is 4.98 Å². The molecule has 1 aromatic rings. The lowest BCUT2D eigenvalue weighted by atomic mass is 9.89. The molecule has 3 atom stereocenters. The molecule has 3 aliphatic heterocycles. The molecule has 1 amide bonds. The van der Waals surface area contributed by atoms with Gasteiger partial charge in [0.05, 0.1) is 0 Å². The second-order valence-electron chi connectivity index (χ2n) is 7.69. The first-order valence-electron chi connectivity index (χ1n) is 9.22. The summed E-state index contributed by atoms with van der Waals surface area (Å²) in [6.45, 7) is 3.87. The number of fused-ring (bicyclic) bond motifs is 2. The smallest absolute Gasteiger partial charge is 0.223 e. The van der Waals surface area contributed by atoms with Crippen molar-refractivity contribution >= 4 is 30.7 Å². The van der Waals surface area contributed by atoms with Crippen LogP contribution in [0.1, 0.15) is 50.8 Å². The highest BCUT2D eigenvalue weighted by Crippen LogP contribution is 2.33. The molecule has 1 aromatic heterocycles. The molecule has 0 spiro atoms. The van der Waals surface area contributed by atoms with E-state index in [1.54, 1.807) is 0 Å². The number of carbonyl (C=O) groups excluding carboxylic acids is 1. The standard InChI is InChI=1S/C18H28N4O.2ClH/c1-13-19-6-8-21(13)12-17-3-2-7-22(17)18(23)11-14-9-15-4-5-16(10-14)20-15;;/h6,8,14-17,20H,2-5,7,9-12H2,1H3;2*1H. The van der Waals surface area contributed by atoms with E-state index in [4.69, 9.17) is 0 Å². The molecule has 0 radical (unpaired) electrons. The number of nitrogens with one attached hydrogen (secondary N) is 1. The number of hydrogen-bond donors (Lipinski definition) is 1. The Bertz CT molecular complexity index is 567. The summed E-state index contributed by atoms with van der Waals surface area (Å²) in [5, 5.41) is 3.67. The van der Waals surface area contributed by atoms with Gasteiger partial charge < -0.3 is 14.8 Å². The Morgan fingerprint density at radius 1 is 1.24 bits per heavy atom. The van der Waals surface area contributed by atoms with Gasteiger partial charge in [0.1, 0.15) is 5.82 Å². The quantitative estimate of drug-likeness (QED) is 0.862. The summed E-state index contributed by atoms with van der Waals surface area (Å²) >= 11 is 0. The van der Waals surface area contributed by atoms with E-state index in [1.807, 2.05) is 19.3 Å². The van der Waals surface area contributed by atoms with Crippen LogP contribution in [0.15, 0.2) is 12.4 Å². The number of piperidine rings is 1. The molecule has 4 rings (SSSR count). The topological polar surface area (TPSA) is 50.2 Å². The van der Waals surface area contributed by atoms with E-state index in [0.717, 1.165) is 38.2 Å². The number of halogens is 2. The SMILES string of the molecule is Cc1nccn1CC1CCCN1C(=O)CC1CC2CCC(C1)N2.Cl.Cl. The van der Waals surface area contributed by atoms with Crippen molar-refractivity contribution in [3.05, 3.63) is 18.2 Å². The summed E-state index contributed by atoms with van der Waals surface area (Å²) < 4.78 is 2.18. The van der Waals surface area contributed by atoms with E-state index in [9.17, 15) is 4.79 Å². The molecule has 3 saturated heterocycles. The van der Waals surface area contributed by atoms with Crippen molar-refractivity contribution in [1.82, 2.24) is 19.8 Å². The van der Waals surface area contributed by atoms with E-state index >= 15 is 0 Å². The van der Waals surface area contributed by atoms with Crippen LogP contribution in [0.3, 0.4) is 0 Å². The largest absolute Gasteiger partial charge is 0.338 e. The van der Waals surface area contributed by atoms with Crippen LogP contribution in [-0.4, -0.2) is 45.0 Å². The van der Waals surface area contributed by atoms with Crippen molar-refractivity contribution in [2.75, 3.05) is 6.54 Å². The Morgan fingerprint density at radius 3 is 2.60 bits per heavy atom. The molecule has 3 unspecified atom stereocenters. The first-order valence-corrected chi connectivity index (χ1v) is 9.22. The highest BCUT2D eigenvalue weighted by molar-refractivity contribution is 5.85.